The minimum Gasteiger partial charge on any atom is -0.355 e. The number of pyridine rings is 1. The number of amides is 1. The van der Waals surface area contributed by atoms with Crippen LogP contribution in [0.25, 0.3) is 33.4 Å². The van der Waals surface area contributed by atoms with Crippen molar-refractivity contribution in [2.24, 2.45) is 5.73 Å². The molecule has 46 heavy (non-hydrogen) atoms. The first-order valence-electron chi connectivity index (χ1n) is 15.0. The second-order valence-electron chi connectivity index (χ2n) is 11.4. The van der Waals surface area contributed by atoms with Gasteiger partial charge in [0, 0.05) is 62.4 Å². The summed E-state index contributed by atoms with van der Waals surface area (Å²) in [5.74, 6) is 0.400. The maximum atomic E-state index is 14.4. The standard InChI is InChI=1S/C35H30Cl3N7O/c36-23-9-8-22(27(38)17-23)19-45-20-41-31(21-5-2-1-3-6-21)33(45)30-26-11-10-24(37)18-29(26)42-32(30)35(46)43-28-7-4-14-40-34(28)44-15-12-25(39)13-16-44/h1-11,14,17-18,20,25,42H,12-13,15-16,19,39H2,(H,43,46). The van der Waals surface area contributed by atoms with Crippen molar-refractivity contribution in [3.8, 4) is 22.5 Å². The quantitative estimate of drug-likeness (QED) is 0.159. The highest BCUT2D eigenvalue weighted by Gasteiger charge is 2.27. The number of aromatic amines is 1. The molecule has 11 heteroatoms. The summed E-state index contributed by atoms with van der Waals surface area (Å²) in [7, 11) is 0. The van der Waals surface area contributed by atoms with E-state index in [0.717, 1.165) is 65.2 Å². The minimum absolute atomic E-state index is 0.171. The van der Waals surface area contributed by atoms with Crippen molar-refractivity contribution in [3.63, 3.8) is 0 Å². The summed E-state index contributed by atoms with van der Waals surface area (Å²) in [6.45, 7) is 1.93. The Morgan fingerprint density at radius 3 is 2.48 bits per heavy atom. The second kappa shape index (κ2) is 12.8. The molecule has 3 aromatic carbocycles. The van der Waals surface area contributed by atoms with Gasteiger partial charge in [0.15, 0.2) is 5.82 Å². The average molecular weight is 671 g/mol. The van der Waals surface area contributed by atoms with Gasteiger partial charge >= 0.3 is 0 Å². The van der Waals surface area contributed by atoms with E-state index in [1.807, 2.05) is 77.4 Å². The van der Waals surface area contributed by atoms with E-state index < -0.39 is 0 Å². The first-order valence-corrected chi connectivity index (χ1v) is 16.1. The molecule has 0 bridgehead atoms. The van der Waals surface area contributed by atoms with E-state index in [2.05, 4.69) is 20.2 Å². The maximum Gasteiger partial charge on any atom is 0.272 e. The smallest absolute Gasteiger partial charge is 0.272 e. The Morgan fingerprint density at radius 2 is 1.70 bits per heavy atom. The van der Waals surface area contributed by atoms with Crippen molar-refractivity contribution in [2.45, 2.75) is 25.4 Å². The maximum absolute atomic E-state index is 14.4. The third kappa shape index (κ3) is 5.97. The van der Waals surface area contributed by atoms with Crippen molar-refractivity contribution in [2.75, 3.05) is 23.3 Å². The molecule has 0 spiro atoms. The highest BCUT2D eigenvalue weighted by atomic mass is 35.5. The van der Waals surface area contributed by atoms with Gasteiger partial charge in [0.05, 0.1) is 29.9 Å². The van der Waals surface area contributed by atoms with Gasteiger partial charge in [-0.25, -0.2) is 9.97 Å². The Bertz CT molecular complexity index is 2050. The molecule has 3 aromatic heterocycles. The summed E-state index contributed by atoms with van der Waals surface area (Å²) in [5.41, 5.74) is 11.8. The van der Waals surface area contributed by atoms with Gasteiger partial charge in [0.1, 0.15) is 5.69 Å². The number of piperidine rings is 1. The lowest BCUT2D eigenvalue weighted by Gasteiger charge is -2.32. The van der Waals surface area contributed by atoms with E-state index in [9.17, 15) is 4.79 Å². The molecule has 0 aliphatic carbocycles. The Morgan fingerprint density at radius 1 is 0.935 bits per heavy atom. The number of aromatic nitrogens is 4. The molecule has 0 unspecified atom stereocenters. The second-order valence-corrected chi connectivity index (χ2v) is 12.7. The summed E-state index contributed by atoms with van der Waals surface area (Å²) >= 11 is 19.3. The Labute approximate surface area is 281 Å². The topological polar surface area (TPSA) is 105 Å². The fourth-order valence-corrected chi connectivity index (χ4v) is 6.67. The molecular weight excluding hydrogens is 641 g/mol. The summed E-state index contributed by atoms with van der Waals surface area (Å²) in [4.78, 5) is 29.4. The van der Waals surface area contributed by atoms with Crippen LogP contribution in [0.2, 0.25) is 15.1 Å². The van der Waals surface area contributed by atoms with E-state index in [4.69, 9.17) is 45.5 Å². The zero-order chi connectivity index (χ0) is 31.8. The Kier molecular flexibility index (Phi) is 8.44. The summed E-state index contributed by atoms with van der Waals surface area (Å²) in [5, 5.41) is 5.63. The van der Waals surface area contributed by atoms with E-state index in [1.165, 1.54) is 0 Å². The van der Waals surface area contributed by atoms with Gasteiger partial charge in [-0.2, -0.15) is 0 Å². The van der Waals surface area contributed by atoms with Crippen LogP contribution in [-0.4, -0.2) is 44.6 Å². The number of carbonyl (C=O) groups is 1. The fraction of sp³-hybridized carbons (Fsp3) is 0.171. The number of nitrogens with two attached hydrogens (primary N) is 1. The first kappa shape index (κ1) is 30.3. The number of hydrogen-bond acceptors (Lipinski definition) is 5. The molecular formula is C35H30Cl3N7O. The zero-order valence-electron chi connectivity index (χ0n) is 24.7. The largest absolute Gasteiger partial charge is 0.355 e. The van der Waals surface area contributed by atoms with Crippen LogP contribution < -0.4 is 16.0 Å². The molecule has 1 saturated heterocycles. The molecule has 1 aliphatic rings. The first-order chi connectivity index (χ1) is 22.4. The van der Waals surface area contributed by atoms with Crippen LogP contribution in [0.3, 0.4) is 0 Å². The van der Waals surface area contributed by atoms with Crippen LogP contribution in [0.5, 0.6) is 0 Å². The van der Waals surface area contributed by atoms with Gasteiger partial charge in [0.25, 0.3) is 5.91 Å². The third-order valence-corrected chi connectivity index (χ3v) is 9.16. The number of imidazole rings is 1. The average Bonchev–Trinajstić information content (AvgIpc) is 3.64. The molecule has 0 radical (unpaired) electrons. The van der Waals surface area contributed by atoms with Gasteiger partial charge in [-0.1, -0.05) is 77.3 Å². The van der Waals surface area contributed by atoms with Crippen molar-refractivity contribution in [1.82, 2.24) is 19.5 Å². The lowest BCUT2D eigenvalue weighted by atomic mass is 10.0. The van der Waals surface area contributed by atoms with E-state index in [-0.39, 0.29) is 11.9 Å². The lowest BCUT2D eigenvalue weighted by Crippen LogP contribution is -2.40. The van der Waals surface area contributed by atoms with E-state index in [1.54, 1.807) is 18.6 Å². The number of halogens is 3. The Balaban J connectivity index is 1.37. The molecule has 0 saturated carbocycles. The van der Waals surface area contributed by atoms with Crippen molar-refractivity contribution in [3.05, 3.63) is 118 Å². The number of benzene rings is 3. The fourth-order valence-electron chi connectivity index (χ4n) is 6.03. The Hall–Kier alpha value is -4.34. The van der Waals surface area contributed by atoms with E-state index in [0.29, 0.717) is 38.6 Å². The lowest BCUT2D eigenvalue weighted by molar-refractivity contribution is 0.102. The predicted octanol–water partition coefficient (Wildman–Crippen LogP) is 8.28. The molecule has 0 atom stereocenters. The molecule has 6 aromatic rings. The number of nitrogens with one attached hydrogen (secondary N) is 2. The number of nitrogens with zero attached hydrogens (tertiary/aromatic N) is 4. The third-order valence-electron chi connectivity index (χ3n) is 8.34. The van der Waals surface area contributed by atoms with Crippen LogP contribution in [0.4, 0.5) is 11.5 Å². The van der Waals surface area contributed by atoms with Crippen molar-refractivity contribution in [1.29, 1.82) is 0 Å². The van der Waals surface area contributed by atoms with Crippen LogP contribution in [0, 0.1) is 0 Å². The molecule has 4 heterocycles. The molecule has 1 aliphatic heterocycles. The van der Waals surface area contributed by atoms with Gasteiger partial charge in [-0.15, -0.1) is 0 Å². The summed E-state index contributed by atoms with van der Waals surface area (Å²) < 4.78 is 2.01. The van der Waals surface area contributed by atoms with Gasteiger partial charge in [-0.05, 0) is 54.8 Å². The number of H-pyrrole nitrogens is 1. The van der Waals surface area contributed by atoms with Crippen molar-refractivity contribution < 1.29 is 4.79 Å². The number of anilines is 2. The van der Waals surface area contributed by atoms with Gasteiger partial charge < -0.3 is 25.5 Å². The normalized spacial score (nSPS) is 13.8. The monoisotopic (exact) mass is 669 g/mol. The van der Waals surface area contributed by atoms with Gasteiger partial charge in [0.2, 0.25) is 0 Å². The van der Waals surface area contributed by atoms with E-state index >= 15 is 0 Å². The van der Waals surface area contributed by atoms with Crippen LogP contribution in [0.1, 0.15) is 28.9 Å². The number of hydrogen-bond donors (Lipinski definition) is 3. The van der Waals surface area contributed by atoms with Crippen LogP contribution in [0.15, 0.2) is 91.4 Å². The number of fused-ring (bicyclic) bond motifs is 1. The molecule has 4 N–H and O–H groups in total. The summed E-state index contributed by atoms with van der Waals surface area (Å²) in [6.07, 6.45) is 5.24. The number of rotatable bonds is 7. The molecule has 1 amide bonds. The SMILES string of the molecule is NC1CCN(c2ncccc2NC(=O)c2[nH]c3cc(Cl)ccc3c2-c2c(-c3ccccc3)ncn2Cc2ccc(Cl)cc2Cl)CC1. The summed E-state index contributed by atoms with van der Waals surface area (Å²) in [6, 6.07) is 24.8. The van der Waals surface area contributed by atoms with Crippen LogP contribution in [-0.2, 0) is 6.54 Å². The van der Waals surface area contributed by atoms with Gasteiger partial charge in [-0.3, -0.25) is 4.79 Å². The highest BCUT2D eigenvalue weighted by Crippen LogP contribution is 2.40. The minimum atomic E-state index is -0.318. The molecule has 7 rings (SSSR count). The highest BCUT2D eigenvalue weighted by molar-refractivity contribution is 6.35. The van der Waals surface area contributed by atoms with Crippen molar-refractivity contribution >= 4 is 63.1 Å². The van der Waals surface area contributed by atoms with Crippen LogP contribution >= 0.6 is 34.8 Å². The molecule has 1 fully saturated rings. The number of carbonyl (C=O) groups excluding carboxylic acids is 1. The zero-order valence-corrected chi connectivity index (χ0v) is 26.9. The molecule has 232 valence electrons. The molecule has 8 nitrogen and oxygen atoms in total. The predicted molar refractivity (Wildman–Crippen MR) is 187 cm³/mol.